The van der Waals surface area contributed by atoms with E-state index in [0.29, 0.717) is 19.0 Å². The summed E-state index contributed by atoms with van der Waals surface area (Å²) >= 11 is 0. The average Bonchev–Trinajstić information content (AvgIpc) is 2.67. The summed E-state index contributed by atoms with van der Waals surface area (Å²) in [5.41, 5.74) is 2.60. The second kappa shape index (κ2) is 8.84. The van der Waals surface area contributed by atoms with Crippen LogP contribution < -0.4 is 5.32 Å². The first-order valence-electron chi connectivity index (χ1n) is 9.20. The number of hydrogen-bond donors (Lipinski definition) is 1. The van der Waals surface area contributed by atoms with Crippen LogP contribution in [0.25, 0.3) is 0 Å². The number of carbonyl (C=O) groups is 1. The van der Waals surface area contributed by atoms with E-state index in [1.807, 2.05) is 18.2 Å². The molecule has 0 unspecified atom stereocenters. The van der Waals surface area contributed by atoms with Crippen molar-refractivity contribution in [1.29, 1.82) is 0 Å². The first-order chi connectivity index (χ1) is 11.8. The summed E-state index contributed by atoms with van der Waals surface area (Å²) < 4.78 is 0. The third-order valence-corrected chi connectivity index (χ3v) is 5.03. The minimum absolute atomic E-state index is 0.150. The molecule has 1 aliphatic carbocycles. The van der Waals surface area contributed by atoms with Crippen LogP contribution >= 0.6 is 0 Å². The van der Waals surface area contributed by atoms with Crippen molar-refractivity contribution in [3.05, 3.63) is 59.7 Å². The Morgan fingerprint density at radius 2 is 2.12 bits per heavy atom. The van der Waals surface area contributed by atoms with Crippen LogP contribution in [0.3, 0.4) is 0 Å². The lowest BCUT2D eigenvalue weighted by Gasteiger charge is -2.33. The van der Waals surface area contributed by atoms with E-state index < -0.39 is 0 Å². The van der Waals surface area contributed by atoms with Gasteiger partial charge in [0.05, 0.1) is 0 Å². The first-order valence-corrected chi connectivity index (χ1v) is 9.20. The highest BCUT2D eigenvalue weighted by molar-refractivity contribution is 5.76. The molecule has 0 aromatic heterocycles. The smallest absolute Gasteiger partial charge is 0.220 e. The SMILES string of the molecule is O=C(CCc1ccccc1)NCC1=CCN([C@@H]2C=CCCC2)CC1. The van der Waals surface area contributed by atoms with Crippen molar-refractivity contribution in [2.24, 2.45) is 0 Å². The van der Waals surface area contributed by atoms with Crippen LogP contribution in [0.2, 0.25) is 0 Å². The van der Waals surface area contributed by atoms with E-state index >= 15 is 0 Å². The van der Waals surface area contributed by atoms with Crippen LogP contribution in [0.1, 0.15) is 37.7 Å². The lowest BCUT2D eigenvalue weighted by atomic mass is 9.99. The largest absolute Gasteiger partial charge is 0.352 e. The molecule has 24 heavy (non-hydrogen) atoms. The molecule has 0 saturated heterocycles. The summed E-state index contributed by atoms with van der Waals surface area (Å²) in [7, 11) is 0. The lowest BCUT2D eigenvalue weighted by molar-refractivity contribution is -0.120. The predicted molar refractivity (Wildman–Crippen MR) is 98.8 cm³/mol. The molecule has 1 aliphatic heterocycles. The van der Waals surface area contributed by atoms with Crippen molar-refractivity contribution < 1.29 is 4.79 Å². The maximum atomic E-state index is 12.0. The van der Waals surface area contributed by atoms with Crippen LogP contribution in [-0.2, 0) is 11.2 Å². The third kappa shape index (κ3) is 5.07. The summed E-state index contributed by atoms with van der Waals surface area (Å²) in [6, 6.07) is 10.8. The van der Waals surface area contributed by atoms with Crippen molar-refractivity contribution in [2.75, 3.05) is 19.6 Å². The van der Waals surface area contributed by atoms with Gasteiger partial charge in [0.1, 0.15) is 0 Å². The summed E-state index contributed by atoms with van der Waals surface area (Å²) in [5.74, 6) is 0.150. The number of nitrogens with zero attached hydrogens (tertiary/aromatic N) is 1. The molecule has 1 heterocycles. The fraction of sp³-hybridized carbons (Fsp3) is 0.476. The van der Waals surface area contributed by atoms with Gasteiger partial charge in [0.15, 0.2) is 0 Å². The van der Waals surface area contributed by atoms with E-state index in [9.17, 15) is 4.79 Å². The van der Waals surface area contributed by atoms with E-state index in [-0.39, 0.29) is 5.91 Å². The van der Waals surface area contributed by atoms with Gasteiger partial charge in [-0.05, 0) is 37.7 Å². The quantitative estimate of drug-likeness (QED) is 0.813. The van der Waals surface area contributed by atoms with Gasteiger partial charge in [0.2, 0.25) is 5.91 Å². The highest BCUT2D eigenvalue weighted by Crippen LogP contribution is 2.20. The van der Waals surface area contributed by atoms with Crippen LogP contribution in [0.5, 0.6) is 0 Å². The molecule has 1 amide bonds. The Hall–Kier alpha value is -1.87. The minimum atomic E-state index is 0.150. The molecule has 2 aliphatic rings. The van der Waals surface area contributed by atoms with E-state index in [4.69, 9.17) is 0 Å². The van der Waals surface area contributed by atoms with E-state index in [0.717, 1.165) is 25.9 Å². The number of rotatable bonds is 6. The van der Waals surface area contributed by atoms with Crippen LogP contribution in [0.15, 0.2) is 54.1 Å². The van der Waals surface area contributed by atoms with Crippen molar-refractivity contribution in [1.82, 2.24) is 10.2 Å². The van der Waals surface area contributed by atoms with Gasteiger partial charge >= 0.3 is 0 Å². The zero-order valence-corrected chi connectivity index (χ0v) is 14.4. The number of nitrogens with one attached hydrogen (secondary N) is 1. The molecule has 0 radical (unpaired) electrons. The summed E-state index contributed by atoms with van der Waals surface area (Å²) in [4.78, 5) is 14.6. The molecule has 0 saturated carbocycles. The fourth-order valence-corrected chi connectivity index (χ4v) is 3.49. The van der Waals surface area contributed by atoms with Crippen molar-refractivity contribution in [3.63, 3.8) is 0 Å². The minimum Gasteiger partial charge on any atom is -0.352 e. The molecule has 0 bridgehead atoms. The number of benzene rings is 1. The maximum Gasteiger partial charge on any atom is 0.220 e. The van der Waals surface area contributed by atoms with E-state index in [1.165, 1.54) is 30.4 Å². The van der Waals surface area contributed by atoms with Crippen LogP contribution in [0.4, 0.5) is 0 Å². The normalized spacial score (nSPS) is 21.3. The number of carbonyl (C=O) groups excluding carboxylic acids is 1. The molecule has 3 nitrogen and oxygen atoms in total. The second-order valence-electron chi connectivity index (χ2n) is 6.80. The summed E-state index contributed by atoms with van der Waals surface area (Å²) in [5, 5.41) is 3.08. The lowest BCUT2D eigenvalue weighted by Crippen LogP contribution is -2.39. The van der Waals surface area contributed by atoms with Crippen molar-refractivity contribution in [2.45, 2.75) is 44.6 Å². The molecule has 128 valence electrons. The van der Waals surface area contributed by atoms with Gasteiger partial charge in [-0.15, -0.1) is 0 Å². The van der Waals surface area contributed by atoms with Gasteiger partial charge in [-0.1, -0.05) is 54.1 Å². The van der Waals surface area contributed by atoms with Crippen molar-refractivity contribution >= 4 is 5.91 Å². The monoisotopic (exact) mass is 324 g/mol. The average molecular weight is 324 g/mol. The van der Waals surface area contributed by atoms with Gasteiger partial charge in [-0.25, -0.2) is 0 Å². The Kier molecular flexibility index (Phi) is 6.25. The van der Waals surface area contributed by atoms with Crippen LogP contribution in [-0.4, -0.2) is 36.5 Å². The molecule has 3 rings (SSSR count). The third-order valence-electron chi connectivity index (χ3n) is 5.03. The van der Waals surface area contributed by atoms with Gasteiger partial charge in [0.25, 0.3) is 0 Å². The van der Waals surface area contributed by atoms with Gasteiger partial charge in [-0.3, -0.25) is 9.69 Å². The van der Waals surface area contributed by atoms with E-state index in [1.54, 1.807) is 0 Å². The molecule has 0 spiro atoms. The first kappa shape index (κ1) is 17.0. The van der Waals surface area contributed by atoms with Crippen molar-refractivity contribution in [3.8, 4) is 0 Å². The van der Waals surface area contributed by atoms with Gasteiger partial charge in [-0.2, -0.15) is 0 Å². The summed E-state index contributed by atoms with van der Waals surface area (Å²) in [6.45, 7) is 2.84. The standard InChI is InChI=1S/C21H28N2O/c24-21(12-11-18-7-3-1-4-8-18)22-17-19-13-15-23(16-14-19)20-9-5-2-6-10-20/h1,3-5,7-9,13,20H,2,6,10-12,14-17H2,(H,22,24)/t20-/m1/s1. The van der Waals surface area contributed by atoms with Gasteiger partial charge in [0, 0.05) is 32.1 Å². The Morgan fingerprint density at radius 3 is 2.83 bits per heavy atom. The second-order valence-corrected chi connectivity index (χ2v) is 6.80. The highest BCUT2D eigenvalue weighted by Gasteiger charge is 2.19. The number of aryl methyl sites for hydroxylation is 1. The zero-order chi connectivity index (χ0) is 16.6. The number of hydrogen-bond acceptors (Lipinski definition) is 2. The molecule has 1 aromatic rings. The molecular formula is C21H28N2O. The Balaban J connectivity index is 1.37. The highest BCUT2D eigenvalue weighted by atomic mass is 16.1. The Bertz CT molecular complexity index is 591. The van der Waals surface area contributed by atoms with Crippen LogP contribution in [0, 0.1) is 0 Å². The fourth-order valence-electron chi connectivity index (χ4n) is 3.49. The molecule has 3 heteroatoms. The molecule has 1 atom stereocenters. The molecule has 1 N–H and O–H groups in total. The molecule has 1 aromatic carbocycles. The van der Waals surface area contributed by atoms with Gasteiger partial charge < -0.3 is 5.32 Å². The Labute approximate surface area is 145 Å². The maximum absolute atomic E-state index is 12.0. The predicted octanol–water partition coefficient (Wildman–Crippen LogP) is 3.48. The Morgan fingerprint density at radius 1 is 1.25 bits per heavy atom. The number of amides is 1. The molecule has 0 fully saturated rings. The topological polar surface area (TPSA) is 32.3 Å². The number of allylic oxidation sites excluding steroid dienone is 1. The van der Waals surface area contributed by atoms with E-state index in [2.05, 4.69) is 40.6 Å². The zero-order valence-electron chi connectivity index (χ0n) is 14.4. The molecular weight excluding hydrogens is 296 g/mol. The summed E-state index contributed by atoms with van der Waals surface area (Å²) in [6.07, 6.45) is 13.3.